The number of rotatable bonds is 6. The Bertz CT molecular complexity index is 879. The van der Waals surface area contributed by atoms with Crippen LogP contribution >= 0.6 is 0 Å². The van der Waals surface area contributed by atoms with Gasteiger partial charge >= 0.3 is 12.1 Å². The largest absolute Gasteiger partial charge is 0.480 e. The van der Waals surface area contributed by atoms with E-state index in [2.05, 4.69) is 15.6 Å². The number of carboxylic acids is 1. The van der Waals surface area contributed by atoms with Crippen molar-refractivity contribution in [2.75, 3.05) is 0 Å². The summed E-state index contributed by atoms with van der Waals surface area (Å²) in [7, 11) is 0. The summed E-state index contributed by atoms with van der Waals surface area (Å²) in [6, 6.07) is 6.57. The molecule has 1 heterocycles. The van der Waals surface area contributed by atoms with Gasteiger partial charge < -0.3 is 25.5 Å². The summed E-state index contributed by atoms with van der Waals surface area (Å²) in [5.74, 6) is -1.78. The number of para-hydroxylation sites is 1. The molecule has 8 nitrogen and oxygen atoms in total. The molecule has 0 aliphatic carbocycles. The zero-order chi connectivity index (χ0) is 21.1. The number of aliphatic carboxylic acids is 1. The van der Waals surface area contributed by atoms with Crippen LogP contribution in [0.1, 0.15) is 40.2 Å². The van der Waals surface area contributed by atoms with E-state index in [0.29, 0.717) is 0 Å². The Morgan fingerprint density at radius 1 is 1.14 bits per heavy atom. The molecule has 4 N–H and O–H groups in total. The molecule has 1 aromatic heterocycles. The third-order valence-corrected chi connectivity index (χ3v) is 4.08. The van der Waals surface area contributed by atoms with Crippen molar-refractivity contribution >= 4 is 28.9 Å². The smallest absolute Gasteiger partial charge is 0.408 e. The highest BCUT2D eigenvalue weighted by Crippen LogP contribution is 2.20. The number of carbonyl (C=O) groups is 3. The molecule has 0 bridgehead atoms. The SMILES string of the molecule is CC(C)(C)OC(=O)N[C@H](Cc1c[nH]c2ccccc12)C(=O)NC(C)(C)C(=O)O. The zero-order valence-corrected chi connectivity index (χ0v) is 16.8. The van der Waals surface area contributed by atoms with E-state index in [-0.39, 0.29) is 6.42 Å². The molecule has 0 fully saturated rings. The number of H-pyrrole nitrogens is 1. The molecule has 0 saturated heterocycles. The van der Waals surface area contributed by atoms with Crippen LogP contribution in [0.25, 0.3) is 10.9 Å². The standard InChI is InChI=1S/C20H27N3O5/c1-19(2,3)28-18(27)22-15(16(24)23-20(4,5)17(25)26)10-12-11-21-14-9-7-6-8-13(12)14/h6-9,11,15,21H,10H2,1-5H3,(H,22,27)(H,23,24)(H,25,26)/t15-/m1/s1. The highest BCUT2D eigenvalue weighted by molar-refractivity contribution is 5.92. The van der Waals surface area contributed by atoms with Gasteiger partial charge in [0.05, 0.1) is 0 Å². The van der Waals surface area contributed by atoms with Crippen LogP contribution in [0.5, 0.6) is 0 Å². The minimum Gasteiger partial charge on any atom is -0.480 e. The Morgan fingerprint density at radius 3 is 2.39 bits per heavy atom. The molecule has 0 unspecified atom stereocenters. The molecule has 0 aliphatic heterocycles. The number of nitrogens with one attached hydrogen (secondary N) is 3. The number of carbonyl (C=O) groups excluding carboxylic acids is 2. The van der Waals surface area contributed by atoms with E-state index in [9.17, 15) is 19.5 Å². The number of hydrogen-bond acceptors (Lipinski definition) is 4. The first-order valence-corrected chi connectivity index (χ1v) is 8.99. The van der Waals surface area contributed by atoms with Crippen molar-refractivity contribution in [1.82, 2.24) is 15.6 Å². The van der Waals surface area contributed by atoms with Gasteiger partial charge in [0.25, 0.3) is 0 Å². The van der Waals surface area contributed by atoms with Crippen molar-refractivity contribution in [2.24, 2.45) is 0 Å². The quantitative estimate of drug-likeness (QED) is 0.605. The number of aromatic nitrogens is 1. The van der Waals surface area contributed by atoms with E-state index in [4.69, 9.17) is 4.74 Å². The average molecular weight is 389 g/mol. The van der Waals surface area contributed by atoms with Crippen LogP contribution in [0, 0.1) is 0 Å². The highest BCUT2D eigenvalue weighted by atomic mass is 16.6. The molecule has 0 radical (unpaired) electrons. The lowest BCUT2D eigenvalue weighted by Gasteiger charge is -2.27. The van der Waals surface area contributed by atoms with Crippen LogP contribution in [0.4, 0.5) is 4.79 Å². The van der Waals surface area contributed by atoms with Crippen LogP contribution in [0.3, 0.4) is 0 Å². The second-order valence-electron chi connectivity index (χ2n) is 8.18. The van der Waals surface area contributed by atoms with Crippen LogP contribution in [-0.4, -0.2) is 45.2 Å². The Kier molecular flexibility index (Phi) is 6.01. The molecule has 0 aliphatic rings. The van der Waals surface area contributed by atoms with E-state index in [0.717, 1.165) is 16.5 Å². The zero-order valence-electron chi connectivity index (χ0n) is 16.8. The molecule has 1 atom stereocenters. The predicted molar refractivity (Wildman–Crippen MR) is 105 cm³/mol. The predicted octanol–water partition coefficient (Wildman–Crippen LogP) is 2.58. The lowest BCUT2D eigenvalue weighted by molar-refractivity contribution is -0.146. The molecule has 1 aromatic carbocycles. The van der Waals surface area contributed by atoms with Gasteiger partial charge in [0.2, 0.25) is 5.91 Å². The van der Waals surface area contributed by atoms with Crippen molar-refractivity contribution in [3.63, 3.8) is 0 Å². The van der Waals surface area contributed by atoms with Gasteiger partial charge in [0, 0.05) is 23.5 Å². The summed E-state index contributed by atoms with van der Waals surface area (Å²) in [4.78, 5) is 39.5. The number of benzene rings is 1. The van der Waals surface area contributed by atoms with Gasteiger partial charge in [0.1, 0.15) is 17.2 Å². The van der Waals surface area contributed by atoms with Gasteiger partial charge in [-0.15, -0.1) is 0 Å². The summed E-state index contributed by atoms with van der Waals surface area (Å²) in [6.07, 6.45) is 1.19. The first-order chi connectivity index (χ1) is 12.9. The van der Waals surface area contributed by atoms with Crippen LogP contribution < -0.4 is 10.6 Å². The van der Waals surface area contributed by atoms with Gasteiger partial charge in [-0.25, -0.2) is 9.59 Å². The third-order valence-electron chi connectivity index (χ3n) is 4.08. The Balaban J connectivity index is 2.26. The third kappa shape index (κ3) is 5.48. The molecule has 152 valence electrons. The van der Waals surface area contributed by atoms with Crippen molar-refractivity contribution < 1.29 is 24.2 Å². The Morgan fingerprint density at radius 2 is 1.79 bits per heavy atom. The number of amides is 2. The molecule has 2 rings (SSSR count). The molecule has 28 heavy (non-hydrogen) atoms. The summed E-state index contributed by atoms with van der Waals surface area (Å²) in [6.45, 7) is 7.91. The number of aromatic amines is 1. The maximum Gasteiger partial charge on any atom is 0.408 e. The van der Waals surface area contributed by atoms with Gasteiger partial charge in [-0.05, 0) is 46.2 Å². The first-order valence-electron chi connectivity index (χ1n) is 8.99. The summed E-state index contributed by atoms with van der Waals surface area (Å²) >= 11 is 0. The highest BCUT2D eigenvalue weighted by Gasteiger charge is 2.33. The molecule has 0 spiro atoms. The minimum absolute atomic E-state index is 0.171. The maximum atomic E-state index is 12.8. The van der Waals surface area contributed by atoms with E-state index in [1.807, 2.05) is 24.3 Å². The number of fused-ring (bicyclic) bond motifs is 1. The Labute approximate surface area is 163 Å². The Hall–Kier alpha value is -3.03. The number of carboxylic acid groups (broad SMARTS) is 1. The topological polar surface area (TPSA) is 121 Å². The molecular formula is C20H27N3O5. The van der Waals surface area contributed by atoms with Crippen LogP contribution in [0.2, 0.25) is 0 Å². The second kappa shape index (κ2) is 7.92. The van der Waals surface area contributed by atoms with Crippen molar-refractivity contribution in [3.8, 4) is 0 Å². The average Bonchev–Trinajstić information content (AvgIpc) is 2.95. The number of ether oxygens (including phenoxy) is 1. The number of hydrogen-bond donors (Lipinski definition) is 4. The fourth-order valence-corrected chi connectivity index (χ4v) is 2.63. The summed E-state index contributed by atoms with van der Waals surface area (Å²) < 4.78 is 5.25. The normalized spacial score (nSPS) is 13.0. The van der Waals surface area contributed by atoms with Crippen molar-refractivity contribution in [3.05, 3.63) is 36.0 Å². The maximum absolute atomic E-state index is 12.8. The first kappa shape index (κ1) is 21.3. The molecular weight excluding hydrogens is 362 g/mol. The van der Waals surface area contributed by atoms with E-state index >= 15 is 0 Å². The van der Waals surface area contributed by atoms with Gasteiger partial charge in [-0.2, -0.15) is 0 Å². The lowest BCUT2D eigenvalue weighted by atomic mass is 10.0. The molecule has 0 saturated carbocycles. The number of alkyl carbamates (subject to hydrolysis) is 1. The van der Waals surface area contributed by atoms with E-state index < -0.39 is 35.2 Å². The van der Waals surface area contributed by atoms with E-state index in [1.165, 1.54) is 13.8 Å². The fraction of sp³-hybridized carbons (Fsp3) is 0.450. The summed E-state index contributed by atoms with van der Waals surface area (Å²) in [5, 5.41) is 15.2. The molecule has 2 aromatic rings. The monoisotopic (exact) mass is 389 g/mol. The van der Waals surface area contributed by atoms with Gasteiger partial charge in [-0.1, -0.05) is 18.2 Å². The van der Waals surface area contributed by atoms with Crippen molar-refractivity contribution in [2.45, 2.75) is 58.2 Å². The van der Waals surface area contributed by atoms with Gasteiger partial charge in [-0.3, -0.25) is 4.79 Å². The van der Waals surface area contributed by atoms with Gasteiger partial charge in [0.15, 0.2) is 0 Å². The van der Waals surface area contributed by atoms with E-state index in [1.54, 1.807) is 27.0 Å². The van der Waals surface area contributed by atoms with Crippen LogP contribution in [0.15, 0.2) is 30.5 Å². The minimum atomic E-state index is -1.48. The molecule has 8 heteroatoms. The molecule has 2 amide bonds. The lowest BCUT2D eigenvalue weighted by Crippen LogP contribution is -2.57. The second-order valence-corrected chi connectivity index (χ2v) is 8.18. The fourth-order valence-electron chi connectivity index (χ4n) is 2.63. The van der Waals surface area contributed by atoms with Crippen molar-refractivity contribution in [1.29, 1.82) is 0 Å². The summed E-state index contributed by atoms with van der Waals surface area (Å²) in [5.41, 5.74) is -0.489. The van der Waals surface area contributed by atoms with Crippen LogP contribution in [-0.2, 0) is 20.7 Å².